The van der Waals surface area contributed by atoms with Gasteiger partial charge in [-0.1, -0.05) is 0 Å². The number of allylic oxidation sites excluding steroid dienone is 2. The van der Waals surface area contributed by atoms with Crippen molar-refractivity contribution < 1.29 is 0 Å². The van der Waals surface area contributed by atoms with E-state index in [9.17, 15) is 0 Å². The molecule has 1 unspecified atom stereocenters. The van der Waals surface area contributed by atoms with Crippen molar-refractivity contribution in [3.8, 4) is 0 Å². The van der Waals surface area contributed by atoms with Gasteiger partial charge in [-0.05, 0) is 12.2 Å². The summed E-state index contributed by atoms with van der Waals surface area (Å²) in [4.78, 5) is 0. The standard InChI is InChI=1S/C4H5N3S/c5-7-8-4-2-1-3-6-8/h1-4,6H. The second-order valence-corrected chi connectivity index (χ2v) is 2.50. The van der Waals surface area contributed by atoms with E-state index in [2.05, 4.69) is 8.88 Å². The summed E-state index contributed by atoms with van der Waals surface area (Å²) in [6.45, 7) is 0. The summed E-state index contributed by atoms with van der Waals surface area (Å²) >= 11 is 0. The van der Waals surface area contributed by atoms with E-state index in [4.69, 9.17) is 5.53 Å². The van der Waals surface area contributed by atoms with Crippen molar-refractivity contribution in [1.29, 1.82) is 0 Å². The lowest BCUT2D eigenvalue weighted by Crippen LogP contribution is -2.09. The molecule has 0 fully saturated rings. The van der Waals surface area contributed by atoms with Crippen LogP contribution in [0.5, 0.6) is 0 Å². The molecule has 1 heterocycles. The minimum Gasteiger partial charge on any atom is -0.349 e. The summed E-state index contributed by atoms with van der Waals surface area (Å²) in [6.07, 6.45) is 5.41. The average Bonchev–Trinajstić information content (AvgIpc) is 1.90. The average molecular weight is 127 g/mol. The zero-order valence-corrected chi connectivity index (χ0v) is 4.93. The van der Waals surface area contributed by atoms with Crippen LogP contribution in [0.25, 0.3) is 5.53 Å². The molecule has 4 heteroatoms. The molecular formula is C4H5N3S. The van der Waals surface area contributed by atoms with E-state index in [1.165, 1.54) is 0 Å². The van der Waals surface area contributed by atoms with Gasteiger partial charge < -0.3 is 5.53 Å². The molecule has 0 saturated heterocycles. The van der Waals surface area contributed by atoms with Gasteiger partial charge in [0.25, 0.3) is 10.9 Å². The van der Waals surface area contributed by atoms with Crippen molar-refractivity contribution in [2.45, 2.75) is 0 Å². The van der Waals surface area contributed by atoms with Crippen molar-refractivity contribution in [1.82, 2.24) is 8.88 Å². The molecule has 0 bridgehead atoms. The van der Waals surface area contributed by atoms with Crippen molar-refractivity contribution in [2.75, 3.05) is 0 Å². The Morgan fingerprint density at radius 1 is 1.50 bits per heavy atom. The largest absolute Gasteiger partial charge is 0.349 e. The fraction of sp³-hybridized carbons (Fsp3) is 0. The Balaban J connectivity index is 2.80. The van der Waals surface area contributed by atoms with Gasteiger partial charge in [0.2, 0.25) is 0 Å². The molecule has 0 saturated carbocycles. The van der Waals surface area contributed by atoms with Gasteiger partial charge in [-0.3, -0.25) is 4.72 Å². The van der Waals surface area contributed by atoms with Gasteiger partial charge in [-0.2, -0.15) is 0 Å². The normalized spacial score (nSPS) is 24.2. The molecule has 8 heavy (non-hydrogen) atoms. The fourth-order valence-corrected chi connectivity index (χ4v) is 1.01. The summed E-state index contributed by atoms with van der Waals surface area (Å²) in [7, 11) is -0.488. The molecule has 0 aliphatic carbocycles. The Morgan fingerprint density at radius 3 is 2.75 bits per heavy atom. The van der Waals surface area contributed by atoms with Crippen LogP contribution in [-0.2, 0) is 10.9 Å². The summed E-state index contributed by atoms with van der Waals surface area (Å²) in [6, 6.07) is 0. The van der Waals surface area contributed by atoms with Gasteiger partial charge in [-0.25, -0.2) is 0 Å². The molecule has 1 atom stereocenters. The van der Waals surface area contributed by atoms with Crippen molar-refractivity contribution in [2.24, 2.45) is 0 Å². The first-order valence-electron chi connectivity index (χ1n) is 2.11. The van der Waals surface area contributed by atoms with Crippen LogP contribution < -0.4 is 8.88 Å². The first-order chi connectivity index (χ1) is 3.93. The third-order valence-electron chi connectivity index (χ3n) is 0.692. The molecule has 3 nitrogen and oxygen atoms in total. The van der Waals surface area contributed by atoms with Crippen LogP contribution in [0.3, 0.4) is 0 Å². The molecule has 0 aromatic rings. The minimum atomic E-state index is -0.488. The van der Waals surface area contributed by atoms with E-state index >= 15 is 0 Å². The van der Waals surface area contributed by atoms with Crippen LogP contribution in [-0.4, -0.2) is 0 Å². The van der Waals surface area contributed by atoms with Gasteiger partial charge in [-0.15, -0.1) is 4.16 Å². The molecule has 0 spiro atoms. The van der Waals surface area contributed by atoms with E-state index in [1.54, 1.807) is 11.6 Å². The fourth-order valence-electron chi connectivity index (χ4n) is 0.374. The summed E-state index contributed by atoms with van der Waals surface area (Å²) in [5, 5.41) is 1.78. The smallest absolute Gasteiger partial charge is 0.284 e. The van der Waals surface area contributed by atoms with Gasteiger partial charge >= 0.3 is 0 Å². The summed E-state index contributed by atoms with van der Waals surface area (Å²) in [5.41, 5.74) is 8.18. The quantitative estimate of drug-likeness (QED) is 0.372. The predicted octanol–water partition coefficient (Wildman–Crippen LogP) is 0.423. The number of hydrogen-bond acceptors (Lipinski definition) is 0. The monoisotopic (exact) mass is 127 g/mol. The van der Waals surface area contributed by atoms with Crippen LogP contribution >= 0.6 is 0 Å². The lowest BCUT2D eigenvalue weighted by atomic mass is 10.6. The SMILES string of the molecule is [N-]=[N+]=S1C=CC=CN1. The molecule has 0 amide bonds. The second-order valence-electron chi connectivity index (χ2n) is 1.20. The molecule has 1 aliphatic rings. The zero-order chi connectivity index (χ0) is 5.82. The molecule has 1 N–H and O–H groups in total. The van der Waals surface area contributed by atoms with Crippen LogP contribution in [0.15, 0.2) is 23.8 Å². The van der Waals surface area contributed by atoms with E-state index < -0.39 is 10.9 Å². The maximum absolute atomic E-state index is 8.18. The highest BCUT2D eigenvalue weighted by Gasteiger charge is 1.94. The minimum absolute atomic E-state index is 0.488. The molecule has 0 aromatic carbocycles. The third kappa shape index (κ3) is 1.05. The highest BCUT2D eigenvalue weighted by atomic mass is 32.2. The number of nitrogens with one attached hydrogen (secondary N) is 1. The van der Waals surface area contributed by atoms with Crippen LogP contribution in [0.1, 0.15) is 0 Å². The molecule has 1 aliphatic heterocycles. The molecule has 1 rings (SSSR count). The van der Waals surface area contributed by atoms with E-state index in [1.807, 2.05) is 12.2 Å². The van der Waals surface area contributed by atoms with Crippen LogP contribution in [0.4, 0.5) is 0 Å². The zero-order valence-electron chi connectivity index (χ0n) is 4.11. The lowest BCUT2D eigenvalue weighted by molar-refractivity contribution is 1.38. The maximum Gasteiger partial charge on any atom is 0.284 e. The third-order valence-corrected chi connectivity index (χ3v) is 1.66. The number of rotatable bonds is 0. The van der Waals surface area contributed by atoms with Gasteiger partial charge in [0.15, 0.2) is 0 Å². The van der Waals surface area contributed by atoms with Crippen molar-refractivity contribution in [3.05, 3.63) is 29.3 Å². The van der Waals surface area contributed by atoms with E-state index in [-0.39, 0.29) is 0 Å². The Kier molecular flexibility index (Phi) is 1.62. The molecule has 42 valence electrons. The Morgan fingerprint density at radius 2 is 2.38 bits per heavy atom. The topological polar surface area (TPSA) is 48.4 Å². The molecular weight excluding hydrogens is 122 g/mol. The van der Waals surface area contributed by atoms with Crippen LogP contribution in [0.2, 0.25) is 0 Å². The molecule has 0 aromatic heterocycles. The lowest BCUT2D eigenvalue weighted by Gasteiger charge is -1.91. The highest BCUT2D eigenvalue weighted by Crippen LogP contribution is 1.87. The number of hydrogen-bond donors (Lipinski definition) is 1. The molecule has 0 radical (unpaired) electrons. The van der Waals surface area contributed by atoms with Crippen LogP contribution in [0, 0.1) is 0 Å². The van der Waals surface area contributed by atoms with Crippen molar-refractivity contribution >= 4 is 10.9 Å². The maximum atomic E-state index is 8.18. The summed E-state index contributed by atoms with van der Waals surface area (Å²) < 4.78 is 5.84. The van der Waals surface area contributed by atoms with E-state index in [0.717, 1.165) is 0 Å². The Hall–Kier alpha value is -0.860. The summed E-state index contributed by atoms with van der Waals surface area (Å²) in [5.74, 6) is 0. The first kappa shape index (κ1) is 5.28. The number of nitrogens with zero attached hydrogens (tertiary/aromatic N) is 2. The Bertz CT molecular complexity index is 187. The van der Waals surface area contributed by atoms with Gasteiger partial charge in [0.1, 0.15) is 0 Å². The second kappa shape index (κ2) is 2.45. The first-order valence-corrected chi connectivity index (χ1v) is 3.36. The van der Waals surface area contributed by atoms with Crippen molar-refractivity contribution in [3.63, 3.8) is 0 Å². The van der Waals surface area contributed by atoms with E-state index in [0.29, 0.717) is 0 Å². The highest BCUT2D eigenvalue weighted by molar-refractivity contribution is 7.87. The Labute approximate surface area is 49.8 Å². The van der Waals surface area contributed by atoms with Gasteiger partial charge in [0.05, 0.1) is 5.41 Å². The van der Waals surface area contributed by atoms with Gasteiger partial charge in [0, 0.05) is 6.20 Å². The predicted molar refractivity (Wildman–Crippen MR) is 34.3 cm³/mol.